The predicted octanol–water partition coefficient (Wildman–Crippen LogP) is 3.13. The summed E-state index contributed by atoms with van der Waals surface area (Å²) in [5.74, 6) is 1.54. The van der Waals surface area contributed by atoms with Crippen LogP contribution in [0.5, 0.6) is 11.5 Å². The Kier molecular flexibility index (Phi) is 7.49. The number of carbonyl (C=O) groups excluding carboxylic acids is 1. The largest absolute Gasteiger partial charge is 0.493 e. The van der Waals surface area contributed by atoms with Gasteiger partial charge in [0, 0.05) is 19.6 Å². The third kappa shape index (κ3) is 5.28. The highest BCUT2D eigenvalue weighted by molar-refractivity contribution is 5.83. The fourth-order valence-corrected chi connectivity index (χ4v) is 3.64. The smallest absolute Gasteiger partial charge is 0.244 e. The summed E-state index contributed by atoms with van der Waals surface area (Å²) in [5, 5.41) is 0. The second kappa shape index (κ2) is 10.3. The van der Waals surface area contributed by atoms with Gasteiger partial charge in [-0.2, -0.15) is 0 Å². The van der Waals surface area contributed by atoms with Crippen LogP contribution in [0, 0.1) is 0 Å². The van der Waals surface area contributed by atoms with E-state index in [-0.39, 0.29) is 11.9 Å². The molecule has 1 saturated heterocycles. The van der Waals surface area contributed by atoms with Crippen molar-refractivity contribution in [2.75, 3.05) is 47.1 Å². The zero-order chi connectivity index (χ0) is 20.6. The molecule has 1 atom stereocenters. The van der Waals surface area contributed by atoms with Crippen molar-refractivity contribution < 1.29 is 19.0 Å². The van der Waals surface area contributed by atoms with Crippen molar-refractivity contribution >= 4 is 5.91 Å². The number of rotatable bonds is 8. The second-order valence-electron chi connectivity index (χ2n) is 7.08. The van der Waals surface area contributed by atoms with Gasteiger partial charge in [0.15, 0.2) is 11.5 Å². The van der Waals surface area contributed by atoms with Crippen molar-refractivity contribution in [3.05, 3.63) is 59.7 Å². The molecule has 2 aromatic carbocycles. The molecule has 29 heavy (non-hydrogen) atoms. The minimum absolute atomic E-state index is 0.111. The zero-order valence-corrected chi connectivity index (χ0v) is 17.5. The maximum atomic E-state index is 13.4. The average molecular weight is 399 g/mol. The summed E-state index contributed by atoms with van der Waals surface area (Å²) in [6, 6.07) is 15.5. The maximum absolute atomic E-state index is 13.4. The molecule has 1 amide bonds. The molecule has 0 N–H and O–H groups in total. The quantitative estimate of drug-likeness (QED) is 0.684. The number of hydrogen-bond acceptors (Lipinski definition) is 5. The van der Waals surface area contributed by atoms with Gasteiger partial charge in [0.05, 0.1) is 26.9 Å². The van der Waals surface area contributed by atoms with Crippen molar-refractivity contribution in [3.8, 4) is 11.5 Å². The summed E-state index contributed by atoms with van der Waals surface area (Å²) in [7, 11) is 3.62. The molecule has 1 aliphatic rings. The lowest BCUT2D eigenvalue weighted by atomic mass is 10.0. The highest BCUT2D eigenvalue weighted by Gasteiger charge is 2.30. The Bertz CT molecular complexity index is 791. The van der Waals surface area contributed by atoms with Crippen LogP contribution in [0.2, 0.25) is 0 Å². The molecular formula is C23H30N2O4. The molecule has 0 spiro atoms. The summed E-state index contributed by atoms with van der Waals surface area (Å²) < 4.78 is 16.5. The maximum Gasteiger partial charge on any atom is 0.244 e. The number of hydrogen-bond donors (Lipinski definition) is 0. The summed E-state index contributed by atoms with van der Waals surface area (Å²) in [5.41, 5.74) is 2.05. The second-order valence-corrected chi connectivity index (χ2v) is 7.08. The minimum atomic E-state index is -0.355. The molecule has 156 valence electrons. The van der Waals surface area contributed by atoms with E-state index in [1.165, 1.54) is 0 Å². The first-order valence-electron chi connectivity index (χ1n) is 10.1. The van der Waals surface area contributed by atoms with Gasteiger partial charge in [0.25, 0.3) is 0 Å². The Balaban J connectivity index is 1.83. The lowest BCUT2D eigenvalue weighted by Gasteiger charge is -2.34. The first-order chi connectivity index (χ1) is 14.1. The molecule has 6 nitrogen and oxygen atoms in total. The van der Waals surface area contributed by atoms with E-state index in [9.17, 15) is 4.79 Å². The van der Waals surface area contributed by atoms with Crippen LogP contribution in [0.15, 0.2) is 48.5 Å². The van der Waals surface area contributed by atoms with Gasteiger partial charge in [-0.1, -0.05) is 36.4 Å². The standard InChI is InChI=1S/C23H30N2O4/c1-4-29-20-11-10-18(16-21(20)27-3)17-24(2)22(19-8-6-5-7-9-19)23(26)25-12-14-28-15-13-25/h5-11,16,22H,4,12-15,17H2,1-3H3. The molecular weight excluding hydrogens is 368 g/mol. The molecule has 0 aromatic heterocycles. The summed E-state index contributed by atoms with van der Waals surface area (Å²) in [6.07, 6.45) is 0. The SMILES string of the molecule is CCOc1ccc(CN(C)C(C(=O)N2CCOCC2)c2ccccc2)cc1OC. The van der Waals surface area contributed by atoms with Crippen LogP contribution in [-0.4, -0.2) is 62.8 Å². The topological polar surface area (TPSA) is 51.2 Å². The van der Waals surface area contributed by atoms with Crippen LogP contribution in [0.1, 0.15) is 24.1 Å². The van der Waals surface area contributed by atoms with E-state index in [0.29, 0.717) is 45.2 Å². The number of methoxy groups -OCH3 is 1. The van der Waals surface area contributed by atoms with Gasteiger partial charge in [-0.15, -0.1) is 0 Å². The first-order valence-corrected chi connectivity index (χ1v) is 10.1. The Morgan fingerprint density at radius 2 is 1.86 bits per heavy atom. The molecule has 2 aromatic rings. The molecule has 0 radical (unpaired) electrons. The van der Waals surface area contributed by atoms with Crippen LogP contribution in [-0.2, 0) is 16.1 Å². The van der Waals surface area contributed by atoms with E-state index in [4.69, 9.17) is 14.2 Å². The molecule has 1 fully saturated rings. The molecule has 6 heteroatoms. The summed E-state index contributed by atoms with van der Waals surface area (Å²) in [4.78, 5) is 17.4. The number of carbonyl (C=O) groups is 1. The third-order valence-electron chi connectivity index (χ3n) is 5.07. The van der Waals surface area contributed by atoms with Gasteiger partial charge >= 0.3 is 0 Å². The number of likely N-dealkylation sites (N-methyl/N-ethyl adjacent to an activating group) is 1. The molecule has 1 heterocycles. The van der Waals surface area contributed by atoms with Gasteiger partial charge in [-0.3, -0.25) is 9.69 Å². The fraction of sp³-hybridized carbons (Fsp3) is 0.435. The number of nitrogens with zero attached hydrogens (tertiary/aromatic N) is 2. The van der Waals surface area contributed by atoms with E-state index in [0.717, 1.165) is 16.9 Å². The normalized spacial score (nSPS) is 15.2. The molecule has 0 aliphatic carbocycles. The highest BCUT2D eigenvalue weighted by Crippen LogP contribution is 2.30. The van der Waals surface area contributed by atoms with Crippen molar-refractivity contribution in [1.82, 2.24) is 9.80 Å². The van der Waals surface area contributed by atoms with Gasteiger partial charge < -0.3 is 19.1 Å². The van der Waals surface area contributed by atoms with E-state index < -0.39 is 0 Å². The number of ether oxygens (including phenoxy) is 3. The van der Waals surface area contributed by atoms with E-state index in [2.05, 4.69) is 4.90 Å². The van der Waals surface area contributed by atoms with E-state index in [1.807, 2.05) is 67.4 Å². The van der Waals surface area contributed by atoms with Crippen molar-refractivity contribution in [1.29, 1.82) is 0 Å². The fourth-order valence-electron chi connectivity index (χ4n) is 3.64. The van der Waals surface area contributed by atoms with Crippen LogP contribution < -0.4 is 9.47 Å². The van der Waals surface area contributed by atoms with Gasteiger partial charge in [0.1, 0.15) is 6.04 Å². The molecule has 1 unspecified atom stereocenters. The first kappa shape index (κ1) is 21.1. The zero-order valence-electron chi connectivity index (χ0n) is 17.5. The van der Waals surface area contributed by atoms with Gasteiger partial charge in [0.2, 0.25) is 5.91 Å². The Morgan fingerprint density at radius 1 is 1.14 bits per heavy atom. The van der Waals surface area contributed by atoms with E-state index in [1.54, 1.807) is 7.11 Å². The summed E-state index contributed by atoms with van der Waals surface area (Å²) in [6.45, 7) is 5.58. The van der Waals surface area contributed by atoms with E-state index >= 15 is 0 Å². The number of morpholine rings is 1. The van der Waals surface area contributed by atoms with Crippen LogP contribution in [0.3, 0.4) is 0 Å². The average Bonchev–Trinajstić information content (AvgIpc) is 2.76. The minimum Gasteiger partial charge on any atom is -0.493 e. The lowest BCUT2D eigenvalue weighted by Crippen LogP contribution is -2.46. The van der Waals surface area contributed by atoms with Gasteiger partial charge in [-0.25, -0.2) is 0 Å². The summed E-state index contributed by atoms with van der Waals surface area (Å²) >= 11 is 0. The molecule has 3 rings (SSSR count). The Hall–Kier alpha value is -2.57. The molecule has 0 saturated carbocycles. The number of amides is 1. The van der Waals surface area contributed by atoms with Crippen molar-refractivity contribution in [2.45, 2.75) is 19.5 Å². The van der Waals surface area contributed by atoms with Crippen molar-refractivity contribution in [3.63, 3.8) is 0 Å². The number of benzene rings is 2. The lowest BCUT2D eigenvalue weighted by molar-refractivity contribution is -0.141. The monoisotopic (exact) mass is 398 g/mol. The Morgan fingerprint density at radius 3 is 2.52 bits per heavy atom. The highest BCUT2D eigenvalue weighted by atomic mass is 16.5. The molecule has 1 aliphatic heterocycles. The van der Waals surface area contributed by atoms with Crippen LogP contribution in [0.4, 0.5) is 0 Å². The Labute approximate surface area is 173 Å². The van der Waals surface area contributed by atoms with Crippen LogP contribution in [0.25, 0.3) is 0 Å². The van der Waals surface area contributed by atoms with Gasteiger partial charge in [-0.05, 0) is 37.2 Å². The van der Waals surface area contributed by atoms with Crippen LogP contribution >= 0.6 is 0 Å². The predicted molar refractivity (Wildman–Crippen MR) is 112 cm³/mol. The van der Waals surface area contributed by atoms with Crippen molar-refractivity contribution in [2.24, 2.45) is 0 Å². The molecule has 0 bridgehead atoms. The third-order valence-corrected chi connectivity index (χ3v) is 5.07.